The van der Waals surface area contributed by atoms with Crippen LogP contribution in [-0.2, 0) is 6.61 Å². The number of fused-ring (bicyclic) bond motifs is 2. The molecule has 0 heterocycles. The maximum Gasteiger partial charge on any atom is 0.161 e. The molecule has 0 spiro atoms. The van der Waals surface area contributed by atoms with Crippen LogP contribution in [0.3, 0.4) is 0 Å². The van der Waals surface area contributed by atoms with Crippen molar-refractivity contribution in [1.82, 2.24) is 0 Å². The minimum atomic E-state index is 0.0308. The Balaban J connectivity index is 1.63. The number of aliphatic hydroxyl groups excluding tert-OH is 1. The highest BCUT2D eigenvalue weighted by atomic mass is 16.5. The lowest BCUT2D eigenvalue weighted by Gasteiger charge is -2.22. The highest BCUT2D eigenvalue weighted by Gasteiger charge is 2.39. The molecule has 104 valence electrons. The average Bonchev–Trinajstić information content (AvgIpc) is 3.07. The van der Waals surface area contributed by atoms with Gasteiger partial charge in [-0.05, 0) is 54.7 Å². The van der Waals surface area contributed by atoms with Gasteiger partial charge in [-0.15, -0.1) is 0 Å². The summed E-state index contributed by atoms with van der Waals surface area (Å²) < 4.78 is 11.3. The molecule has 0 radical (unpaired) electrons. The molecule has 2 aliphatic rings. The minimum absolute atomic E-state index is 0.0308. The molecule has 0 amide bonds. The number of aliphatic hydroxyl groups is 1. The Morgan fingerprint density at radius 1 is 1.21 bits per heavy atom. The topological polar surface area (TPSA) is 38.7 Å². The van der Waals surface area contributed by atoms with Crippen molar-refractivity contribution in [2.24, 2.45) is 17.8 Å². The fourth-order valence-electron chi connectivity index (χ4n) is 3.71. The van der Waals surface area contributed by atoms with E-state index in [1.165, 1.54) is 25.7 Å². The van der Waals surface area contributed by atoms with E-state index in [0.717, 1.165) is 41.4 Å². The summed E-state index contributed by atoms with van der Waals surface area (Å²) in [5.74, 6) is 4.07. The molecule has 0 saturated heterocycles. The van der Waals surface area contributed by atoms with Gasteiger partial charge in [-0.25, -0.2) is 0 Å². The predicted molar refractivity (Wildman–Crippen MR) is 73.3 cm³/mol. The largest absolute Gasteiger partial charge is 0.493 e. The predicted octanol–water partition coefficient (Wildman–Crippen LogP) is 3.00. The van der Waals surface area contributed by atoms with Gasteiger partial charge in [-0.2, -0.15) is 0 Å². The molecule has 1 aromatic rings. The van der Waals surface area contributed by atoms with Gasteiger partial charge in [0.15, 0.2) is 11.5 Å². The highest BCUT2D eigenvalue weighted by molar-refractivity contribution is 5.42. The Morgan fingerprint density at radius 2 is 2.11 bits per heavy atom. The van der Waals surface area contributed by atoms with E-state index in [2.05, 4.69) is 0 Å². The molecule has 0 aliphatic heterocycles. The van der Waals surface area contributed by atoms with Gasteiger partial charge in [0, 0.05) is 0 Å². The van der Waals surface area contributed by atoms with E-state index in [1.54, 1.807) is 7.11 Å². The molecule has 3 nitrogen and oxygen atoms in total. The summed E-state index contributed by atoms with van der Waals surface area (Å²) in [6, 6.07) is 5.63. The van der Waals surface area contributed by atoms with Gasteiger partial charge in [0.25, 0.3) is 0 Å². The molecule has 0 aromatic heterocycles. The van der Waals surface area contributed by atoms with Gasteiger partial charge in [0.1, 0.15) is 0 Å². The number of hydrogen-bond donors (Lipinski definition) is 1. The van der Waals surface area contributed by atoms with E-state index < -0.39 is 0 Å². The van der Waals surface area contributed by atoms with Gasteiger partial charge < -0.3 is 14.6 Å². The third-order valence-corrected chi connectivity index (χ3v) is 4.75. The van der Waals surface area contributed by atoms with E-state index in [9.17, 15) is 0 Å². The van der Waals surface area contributed by atoms with Crippen LogP contribution in [0.1, 0.15) is 31.2 Å². The summed E-state index contributed by atoms with van der Waals surface area (Å²) in [5, 5.41) is 9.13. The molecule has 2 bridgehead atoms. The zero-order valence-electron chi connectivity index (χ0n) is 11.5. The van der Waals surface area contributed by atoms with Crippen molar-refractivity contribution >= 4 is 0 Å². The second kappa shape index (κ2) is 5.41. The zero-order valence-corrected chi connectivity index (χ0v) is 11.5. The molecule has 1 N–H and O–H groups in total. The van der Waals surface area contributed by atoms with Crippen molar-refractivity contribution in [3.8, 4) is 11.5 Å². The fraction of sp³-hybridized carbons (Fsp3) is 0.625. The van der Waals surface area contributed by atoms with Crippen molar-refractivity contribution in [3.05, 3.63) is 23.8 Å². The van der Waals surface area contributed by atoms with Crippen molar-refractivity contribution < 1.29 is 14.6 Å². The number of hydrogen-bond acceptors (Lipinski definition) is 3. The number of ether oxygens (including phenoxy) is 2. The summed E-state index contributed by atoms with van der Waals surface area (Å²) >= 11 is 0. The molecular weight excluding hydrogens is 240 g/mol. The van der Waals surface area contributed by atoms with E-state index in [-0.39, 0.29) is 6.61 Å². The maximum atomic E-state index is 9.13. The van der Waals surface area contributed by atoms with E-state index in [0.29, 0.717) is 0 Å². The summed E-state index contributed by atoms with van der Waals surface area (Å²) in [4.78, 5) is 0. The Labute approximate surface area is 114 Å². The van der Waals surface area contributed by atoms with Crippen LogP contribution in [0.4, 0.5) is 0 Å². The van der Waals surface area contributed by atoms with Crippen molar-refractivity contribution in [3.63, 3.8) is 0 Å². The lowest BCUT2D eigenvalue weighted by molar-refractivity contribution is 0.189. The van der Waals surface area contributed by atoms with Crippen LogP contribution in [0.25, 0.3) is 0 Å². The first kappa shape index (κ1) is 12.8. The molecule has 2 saturated carbocycles. The first-order chi connectivity index (χ1) is 9.30. The first-order valence-corrected chi connectivity index (χ1v) is 7.20. The van der Waals surface area contributed by atoms with Crippen LogP contribution in [-0.4, -0.2) is 18.8 Å². The van der Waals surface area contributed by atoms with Crippen LogP contribution in [0, 0.1) is 17.8 Å². The van der Waals surface area contributed by atoms with Gasteiger partial charge in [0.05, 0.1) is 20.3 Å². The van der Waals surface area contributed by atoms with Gasteiger partial charge >= 0.3 is 0 Å². The Hall–Kier alpha value is -1.22. The summed E-state index contributed by atoms with van der Waals surface area (Å²) in [6.07, 6.45) is 5.56. The Bertz CT molecular complexity index is 444. The summed E-state index contributed by atoms with van der Waals surface area (Å²) in [5.41, 5.74) is 0.851. The highest BCUT2D eigenvalue weighted by Crippen LogP contribution is 2.48. The normalized spacial score (nSPS) is 28.6. The van der Waals surface area contributed by atoms with Crippen molar-refractivity contribution in [2.75, 3.05) is 13.7 Å². The van der Waals surface area contributed by atoms with E-state index in [4.69, 9.17) is 14.6 Å². The van der Waals surface area contributed by atoms with Crippen molar-refractivity contribution in [1.29, 1.82) is 0 Å². The smallest absolute Gasteiger partial charge is 0.161 e. The number of rotatable bonds is 5. The third-order valence-electron chi connectivity index (χ3n) is 4.75. The minimum Gasteiger partial charge on any atom is -0.493 e. The van der Waals surface area contributed by atoms with Gasteiger partial charge in [0.2, 0.25) is 0 Å². The fourth-order valence-corrected chi connectivity index (χ4v) is 3.71. The van der Waals surface area contributed by atoms with E-state index >= 15 is 0 Å². The number of methoxy groups -OCH3 is 1. The monoisotopic (exact) mass is 262 g/mol. The second-order valence-corrected chi connectivity index (χ2v) is 5.89. The van der Waals surface area contributed by atoms with Crippen LogP contribution >= 0.6 is 0 Å². The lowest BCUT2D eigenvalue weighted by Crippen LogP contribution is -2.18. The molecule has 2 fully saturated rings. The average molecular weight is 262 g/mol. The lowest BCUT2D eigenvalue weighted by atomic mass is 9.89. The van der Waals surface area contributed by atoms with Crippen LogP contribution in [0.2, 0.25) is 0 Å². The van der Waals surface area contributed by atoms with Crippen LogP contribution in [0.15, 0.2) is 18.2 Å². The zero-order chi connectivity index (χ0) is 13.2. The molecule has 2 aliphatic carbocycles. The molecule has 3 rings (SSSR count). The van der Waals surface area contributed by atoms with Gasteiger partial charge in [-0.3, -0.25) is 0 Å². The van der Waals surface area contributed by atoms with E-state index in [1.807, 2.05) is 18.2 Å². The summed E-state index contributed by atoms with van der Waals surface area (Å²) in [7, 11) is 1.64. The molecular formula is C16H22O3. The SMILES string of the molecule is COc1cc(CO)ccc1OCC1CC2CCC1C2. The molecule has 3 unspecified atom stereocenters. The first-order valence-electron chi connectivity index (χ1n) is 7.20. The molecule has 1 aromatic carbocycles. The van der Waals surface area contributed by atoms with Gasteiger partial charge in [-0.1, -0.05) is 12.5 Å². The standard InChI is InChI=1S/C16H22O3/c1-18-16-8-12(9-17)3-5-15(16)19-10-14-7-11-2-4-13(14)6-11/h3,5,8,11,13-14,17H,2,4,6-7,9-10H2,1H3. The second-order valence-electron chi connectivity index (χ2n) is 5.89. The Kier molecular flexibility index (Phi) is 3.65. The summed E-state index contributed by atoms with van der Waals surface area (Å²) in [6.45, 7) is 0.832. The molecule has 3 heteroatoms. The molecule has 3 atom stereocenters. The van der Waals surface area contributed by atoms with Crippen LogP contribution < -0.4 is 9.47 Å². The Morgan fingerprint density at radius 3 is 2.74 bits per heavy atom. The maximum absolute atomic E-state index is 9.13. The quantitative estimate of drug-likeness (QED) is 0.886. The molecule has 19 heavy (non-hydrogen) atoms. The van der Waals surface area contributed by atoms with Crippen molar-refractivity contribution in [2.45, 2.75) is 32.3 Å². The third kappa shape index (κ3) is 2.57. The number of benzene rings is 1. The van der Waals surface area contributed by atoms with Crippen LogP contribution in [0.5, 0.6) is 11.5 Å².